The highest BCUT2D eigenvalue weighted by Gasteiger charge is 2.16. The van der Waals surface area contributed by atoms with E-state index in [0.29, 0.717) is 12.8 Å². The number of hydrogen-bond acceptors (Lipinski definition) is 5. The molecule has 0 bridgehead atoms. The lowest BCUT2D eigenvalue weighted by Crippen LogP contribution is -2.28. The van der Waals surface area contributed by atoms with E-state index in [-0.39, 0.29) is 25.2 Å². The van der Waals surface area contributed by atoms with E-state index in [1.165, 1.54) is 38.5 Å². The third-order valence-corrected chi connectivity index (χ3v) is 6.36. The van der Waals surface area contributed by atoms with Gasteiger partial charge in [0.2, 0.25) is 0 Å². The van der Waals surface area contributed by atoms with Gasteiger partial charge in [-0.1, -0.05) is 101 Å². The van der Waals surface area contributed by atoms with Crippen molar-refractivity contribution in [3.05, 3.63) is 48.6 Å². The lowest BCUT2D eigenvalue weighted by atomic mass is 10.1. The number of allylic oxidation sites excluding steroid dienone is 8. The molecule has 5 nitrogen and oxygen atoms in total. The first-order valence-electron chi connectivity index (χ1n) is 15.7. The lowest BCUT2D eigenvalue weighted by molar-refractivity contribution is -0.161. The van der Waals surface area contributed by atoms with E-state index in [0.717, 1.165) is 70.6 Å². The van der Waals surface area contributed by atoms with E-state index < -0.39 is 6.10 Å². The molecule has 0 spiro atoms. The van der Waals surface area contributed by atoms with Crippen molar-refractivity contribution >= 4 is 11.9 Å². The van der Waals surface area contributed by atoms with E-state index >= 15 is 0 Å². The smallest absolute Gasteiger partial charge is 0.306 e. The third-order valence-electron chi connectivity index (χ3n) is 6.36. The summed E-state index contributed by atoms with van der Waals surface area (Å²) >= 11 is 0. The average Bonchev–Trinajstić information content (AvgIpc) is 2.94. The van der Waals surface area contributed by atoms with Gasteiger partial charge in [0.05, 0.1) is 6.61 Å². The van der Waals surface area contributed by atoms with Crippen molar-refractivity contribution in [2.45, 2.75) is 142 Å². The molecule has 0 heterocycles. The van der Waals surface area contributed by atoms with E-state index in [1.807, 2.05) is 0 Å². The minimum Gasteiger partial charge on any atom is -0.462 e. The lowest BCUT2D eigenvalue weighted by Gasteiger charge is -2.15. The van der Waals surface area contributed by atoms with Gasteiger partial charge in [0.1, 0.15) is 6.61 Å². The Morgan fingerprint density at radius 3 is 1.72 bits per heavy atom. The van der Waals surface area contributed by atoms with E-state index in [2.05, 4.69) is 62.5 Å². The molecule has 0 aliphatic rings. The number of aliphatic hydroxyl groups excluding tert-OH is 1. The molecule has 0 saturated heterocycles. The van der Waals surface area contributed by atoms with Crippen molar-refractivity contribution in [2.75, 3.05) is 13.2 Å². The number of esters is 2. The fourth-order valence-corrected chi connectivity index (χ4v) is 3.97. The van der Waals surface area contributed by atoms with Gasteiger partial charge in [-0.3, -0.25) is 9.59 Å². The van der Waals surface area contributed by atoms with Crippen LogP contribution in [0.1, 0.15) is 136 Å². The summed E-state index contributed by atoms with van der Waals surface area (Å²) in [5, 5.41) is 9.47. The van der Waals surface area contributed by atoms with E-state index in [1.54, 1.807) is 0 Å². The van der Waals surface area contributed by atoms with Crippen molar-refractivity contribution in [3.8, 4) is 0 Å². The van der Waals surface area contributed by atoms with Crippen LogP contribution in [0.2, 0.25) is 0 Å². The van der Waals surface area contributed by atoms with Gasteiger partial charge in [-0.05, 0) is 70.6 Å². The maximum absolute atomic E-state index is 12.1. The minimum absolute atomic E-state index is 0.0835. The summed E-state index contributed by atoms with van der Waals surface area (Å²) in [4.78, 5) is 24.0. The summed E-state index contributed by atoms with van der Waals surface area (Å²) in [6.07, 6.45) is 35.9. The van der Waals surface area contributed by atoms with Gasteiger partial charge in [0, 0.05) is 12.8 Å². The molecule has 39 heavy (non-hydrogen) atoms. The van der Waals surface area contributed by atoms with E-state index in [9.17, 15) is 14.7 Å². The summed E-state index contributed by atoms with van der Waals surface area (Å²) in [5.74, 6) is -0.643. The first-order valence-corrected chi connectivity index (χ1v) is 15.7. The van der Waals surface area contributed by atoms with Gasteiger partial charge >= 0.3 is 11.9 Å². The molecular weight excluding hydrogens is 488 g/mol. The van der Waals surface area contributed by atoms with Crippen LogP contribution >= 0.6 is 0 Å². The normalized spacial score (nSPS) is 12.8. The van der Waals surface area contributed by atoms with E-state index in [4.69, 9.17) is 9.47 Å². The molecule has 5 heteroatoms. The second-order valence-electron chi connectivity index (χ2n) is 10.1. The van der Waals surface area contributed by atoms with Crippen molar-refractivity contribution in [3.63, 3.8) is 0 Å². The molecule has 0 aromatic rings. The molecule has 0 fully saturated rings. The van der Waals surface area contributed by atoms with Crippen LogP contribution < -0.4 is 0 Å². The molecule has 1 N–H and O–H groups in total. The van der Waals surface area contributed by atoms with Gasteiger partial charge in [0.15, 0.2) is 6.10 Å². The van der Waals surface area contributed by atoms with Crippen LogP contribution in [0.5, 0.6) is 0 Å². The van der Waals surface area contributed by atoms with Crippen molar-refractivity contribution in [1.82, 2.24) is 0 Å². The second-order valence-corrected chi connectivity index (χ2v) is 10.1. The Balaban J connectivity index is 3.69. The first-order chi connectivity index (χ1) is 19.1. The maximum atomic E-state index is 12.1. The zero-order valence-electron chi connectivity index (χ0n) is 25.1. The Hall–Kier alpha value is -2.14. The highest BCUT2D eigenvalue weighted by atomic mass is 16.6. The predicted molar refractivity (Wildman–Crippen MR) is 164 cm³/mol. The summed E-state index contributed by atoms with van der Waals surface area (Å²) in [7, 11) is 0. The van der Waals surface area contributed by atoms with Crippen molar-refractivity contribution < 1.29 is 24.2 Å². The molecule has 1 atom stereocenters. The van der Waals surface area contributed by atoms with Crippen LogP contribution in [-0.2, 0) is 19.1 Å². The quantitative estimate of drug-likeness (QED) is 0.0632. The van der Waals surface area contributed by atoms with Gasteiger partial charge in [-0.15, -0.1) is 0 Å². The van der Waals surface area contributed by atoms with Gasteiger partial charge in [-0.25, -0.2) is 0 Å². The second kappa shape index (κ2) is 30.4. The monoisotopic (exact) mass is 546 g/mol. The SMILES string of the molecule is CC/C=C\C/C=C\C/C=C\CCCCCC(=O)OC(CO)COC(=O)CCCCCCC/C=C\CCCCC. The van der Waals surface area contributed by atoms with Crippen molar-refractivity contribution in [1.29, 1.82) is 0 Å². The van der Waals surface area contributed by atoms with Gasteiger partial charge in [0.25, 0.3) is 0 Å². The molecule has 0 aromatic carbocycles. The standard InChI is InChI=1S/C34H58O5/c1-3-5-7-9-11-13-15-17-19-21-23-25-27-29-34(37)39-32(30-35)31-38-33(36)28-26-24-22-20-18-16-14-12-10-8-6-4-2/h5,7,11-14,17,19,32,35H,3-4,6,8-10,15-16,18,20-31H2,1-2H3/b7-5-,13-11-,14-12-,19-17-. The molecule has 0 rings (SSSR count). The van der Waals surface area contributed by atoms with Crippen LogP contribution in [0.4, 0.5) is 0 Å². The van der Waals surface area contributed by atoms with Crippen LogP contribution in [0.25, 0.3) is 0 Å². The fourth-order valence-electron chi connectivity index (χ4n) is 3.97. The first kappa shape index (κ1) is 36.9. The molecule has 0 aliphatic heterocycles. The van der Waals surface area contributed by atoms with Crippen LogP contribution in [0.3, 0.4) is 0 Å². The molecule has 0 radical (unpaired) electrons. The van der Waals surface area contributed by atoms with Crippen molar-refractivity contribution in [2.24, 2.45) is 0 Å². The third kappa shape index (κ3) is 28.7. The Morgan fingerprint density at radius 2 is 1.10 bits per heavy atom. The predicted octanol–water partition coefficient (Wildman–Crippen LogP) is 9.11. The summed E-state index contributed by atoms with van der Waals surface area (Å²) < 4.78 is 10.5. The number of ether oxygens (including phenoxy) is 2. The number of carbonyl (C=O) groups excluding carboxylic acids is 2. The number of rotatable bonds is 27. The number of carbonyl (C=O) groups is 2. The Bertz CT molecular complexity index is 677. The highest BCUT2D eigenvalue weighted by molar-refractivity contribution is 5.70. The summed E-state index contributed by atoms with van der Waals surface area (Å²) in [6, 6.07) is 0. The molecule has 224 valence electrons. The maximum Gasteiger partial charge on any atom is 0.306 e. The van der Waals surface area contributed by atoms with Crippen LogP contribution in [0.15, 0.2) is 48.6 Å². The molecule has 0 amide bonds. The zero-order chi connectivity index (χ0) is 28.7. The Morgan fingerprint density at radius 1 is 0.615 bits per heavy atom. The number of aliphatic hydroxyl groups is 1. The summed E-state index contributed by atoms with van der Waals surface area (Å²) in [5.41, 5.74) is 0. The molecule has 1 unspecified atom stereocenters. The van der Waals surface area contributed by atoms with Gasteiger partial charge in [-0.2, -0.15) is 0 Å². The average molecular weight is 547 g/mol. The topological polar surface area (TPSA) is 72.8 Å². The van der Waals surface area contributed by atoms with Crippen LogP contribution in [0, 0.1) is 0 Å². The van der Waals surface area contributed by atoms with Gasteiger partial charge < -0.3 is 14.6 Å². The Labute approximate surface area is 239 Å². The minimum atomic E-state index is -0.787. The molecular formula is C34H58O5. The molecule has 0 aromatic heterocycles. The molecule has 0 aliphatic carbocycles. The zero-order valence-corrected chi connectivity index (χ0v) is 25.1. The molecule has 0 saturated carbocycles. The fraction of sp³-hybridized carbons (Fsp3) is 0.706. The number of hydrogen-bond donors (Lipinski definition) is 1. The number of unbranched alkanes of at least 4 members (excludes halogenated alkanes) is 11. The van der Waals surface area contributed by atoms with Crippen LogP contribution in [-0.4, -0.2) is 36.4 Å². The Kier molecular flexibility index (Phi) is 28.7. The highest BCUT2D eigenvalue weighted by Crippen LogP contribution is 2.10. The largest absolute Gasteiger partial charge is 0.462 e. The summed E-state index contributed by atoms with van der Waals surface area (Å²) in [6.45, 7) is 3.93.